The van der Waals surface area contributed by atoms with Crippen LogP contribution in [-0.2, 0) is 17.6 Å². The summed E-state index contributed by atoms with van der Waals surface area (Å²) in [6.07, 6.45) is 3.09. The van der Waals surface area contributed by atoms with E-state index in [0.717, 1.165) is 23.9 Å². The largest absolute Gasteiger partial charge is 0.443 e. The molecule has 6 rings (SSSR count). The van der Waals surface area contributed by atoms with Crippen LogP contribution in [0.1, 0.15) is 78.6 Å². The first-order valence-electron chi connectivity index (χ1n) is 12.7. The van der Waals surface area contributed by atoms with Gasteiger partial charge in [-0.1, -0.05) is 23.2 Å². The van der Waals surface area contributed by atoms with E-state index < -0.39 is 23.3 Å². The number of aryl methyl sites for hydroxylation is 2. The molecule has 0 saturated carbocycles. The van der Waals surface area contributed by atoms with Crippen LogP contribution in [0.4, 0.5) is 13.6 Å². The first-order valence-corrected chi connectivity index (χ1v) is 13.4. The fourth-order valence-electron chi connectivity index (χ4n) is 5.29. The Labute approximate surface area is 233 Å². The van der Waals surface area contributed by atoms with Crippen LogP contribution < -0.4 is 0 Å². The second-order valence-electron chi connectivity index (χ2n) is 10.7. The summed E-state index contributed by atoms with van der Waals surface area (Å²) in [5, 5.41) is 1.16. The van der Waals surface area contributed by atoms with E-state index in [1.807, 2.05) is 0 Å². The van der Waals surface area contributed by atoms with Gasteiger partial charge < -0.3 is 9.72 Å². The molecule has 0 fully saturated rings. The number of fused-ring (bicyclic) bond motifs is 6. The van der Waals surface area contributed by atoms with Gasteiger partial charge in [0.15, 0.2) is 11.6 Å². The van der Waals surface area contributed by atoms with Crippen molar-refractivity contribution >= 4 is 62.7 Å². The summed E-state index contributed by atoms with van der Waals surface area (Å²) >= 11 is 12.1. The smallest absolute Gasteiger partial charge is 0.419 e. The van der Waals surface area contributed by atoms with Gasteiger partial charge in [-0.05, 0) is 81.8 Å². The Balaban J connectivity index is 0.000000168. The molecule has 10 heteroatoms. The Morgan fingerprint density at radius 1 is 0.872 bits per heavy atom. The van der Waals surface area contributed by atoms with E-state index in [2.05, 4.69) is 4.98 Å². The predicted molar refractivity (Wildman–Crippen MR) is 146 cm³/mol. The van der Waals surface area contributed by atoms with Crippen LogP contribution in [0.3, 0.4) is 0 Å². The highest BCUT2D eigenvalue weighted by molar-refractivity contribution is 6.37. The van der Waals surface area contributed by atoms with E-state index in [4.69, 9.17) is 27.9 Å². The molecular formula is C29H26Cl2F2N2O4. The minimum Gasteiger partial charge on any atom is -0.443 e. The molecule has 1 N–H and O–H groups in total. The summed E-state index contributed by atoms with van der Waals surface area (Å²) in [6, 6.07) is 5.60. The maximum Gasteiger partial charge on any atom is 0.419 e. The van der Waals surface area contributed by atoms with Crippen molar-refractivity contribution in [2.24, 2.45) is 0 Å². The van der Waals surface area contributed by atoms with E-state index in [1.165, 1.54) is 22.8 Å². The number of ketones is 2. The average Bonchev–Trinajstić information content (AvgIpc) is 3.42. The molecule has 0 spiro atoms. The van der Waals surface area contributed by atoms with Gasteiger partial charge in [-0.2, -0.15) is 0 Å². The molecular weight excluding hydrogens is 549 g/mol. The summed E-state index contributed by atoms with van der Waals surface area (Å²) in [4.78, 5) is 39.7. The van der Waals surface area contributed by atoms with Gasteiger partial charge in [0.2, 0.25) is 0 Å². The number of nitrogens with one attached hydrogen (secondary N) is 1. The highest BCUT2D eigenvalue weighted by Crippen LogP contribution is 2.38. The fourth-order valence-corrected chi connectivity index (χ4v) is 5.84. The molecule has 6 nitrogen and oxygen atoms in total. The summed E-state index contributed by atoms with van der Waals surface area (Å²) in [7, 11) is 0. The Morgan fingerprint density at radius 2 is 1.46 bits per heavy atom. The maximum absolute atomic E-state index is 13.9. The molecule has 2 heterocycles. The van der Waals surface area contributed by atoms with Crippen LogP contribution in [0.5, 0.6) is 0 Å². The second-order valence-corrected chi connectivity index (χ2v) is 11.5. The van der Waals surface area contributed by atoms with Gasteiger partial charge in [0.25, 0.3) is 0 Å². The van der Waals surface area contributed by atoms with Gasteiger partial charge in [0.05, 0.1) is 26.9 Å². The Kier molecular flexibility index (Phi) is 7.06. The maximum atomic E-state index is 13.9. The molecule has 0 bridgehead atoms. The highest BCUT2D eigenvalue weighted by Gasteiger charge is 2.32. The zero-order chi connectivity index (χ0) is 28.2. The minimum absolute atomic E-state index is 0.0595. The zero-order valence-electron chi connectivity index (χ0n) is 21.6. The lowest BCUT2D eigenvalue weighted by Crippen LogP contribution is -2.29. The van der Waals surface area contributed by atoms with Crippen molar-refractivity contribution in [3.05, 3.63) is 68.5 Å². The molecule has 2 aliphatic rings. The highest BCUT2D eigenvalue weighted by atomic mass is 35.5. The number of aromatic nitrogens is 2. The molecule has 0 saturated heterocycles. The van der Waals surface area contributed by atoms with Gasteiger partial charge in [-0.15, -0.1) is 0 Å². The fraction of sp³-hybridized carbons (Fsp3) is 0.345. The van der Waals surface area contributed by atoms with Crippen molar-refractivity contribution in [1.82, 2.24) is 9.55 Å². The number of carbonyl (C=O) groups excluding carboxylic acids is 3. The third kappa shape index (κ3) is 4.85. The lowest BCUT2D eigenvalue weighted by Gasteiger charge is -2.21. The number of Topliss-reactive ketones (excluding diaryl/α,β-unsaturated/α-hetero) is 2. The molecule has 2 aliphatic carbocycles. The minimum atomic E-state index is -0.706. The molecule has 2 aromatic carbocycles. The number of H-pyrrole nitrogens is 1. The first-order chi connectivity index (χ1) is 18.4. The summed E-state index contributed by atoms with van der Waals surface area (Å²) in [6.45, 7) is 5.24. The van der Waals surface area contributed by atoms with Crippen LogP contribution in [0, 0.1) is 11.6 Å². The molecule has 2 aromatic heterocycles. The molecule has 0 aliphatic heterocycles. The van der Waals surface area contributed by atoms with Gasteiger partial charge in [0.1, 0.15) is 17.2 Å². The van der Waals surface area contributed by atoms with Crippen LogP contribution >= 0.6 is 23.2 Å². The number of carbonyl (C=O) groups is 3. The third-order valence-corrected chi connectivity index (χ3v) is 7.60. The molecule has 204 valence electrons. The molecule has 0 radical (unpaired) electrons. The van der Waals surface area contributed by atoms with E-state index in [0.29, 0.717) is 53.2 Å². The second kappa shape index (κ2) is 10.1. The molecule has 0 unspecified atom stereocenters. The predicted octanol–water partition coefficient (Wildman–Crippen LogP) is 8.22. The van der Waals surface area contributed by atoms with Crippen molar-refractivity contribution in [2.45, 2.75) is 64.9 Å². The van der Waals surface area contributed by atoms with E-state index in [1.54, 1.807) is 26.8 Å². The van der Waals surface area contributed by atoms with Gasteiger partial charge in [-0.3, -0.25) is 9.59 Å². The van der Waals surface area contributed by atoms with Crippen LogP contribution in [0.15, 0.2) is 24.3 Å². The number of ether oxygens (including phenoxy) is 1. The van der Waals surface area contributed by atoms with Crippen molar-refractivity contribution < 1.29 is 27.9 Å². The molecule has 4 aromatic rings. The van der Waals surface area contributed by atoms with Gasteiger partial charge >= 0.3 is 6.09 Å². The molecule has 39 heavy (non-hydrogen) atoms. The quantitative estimate of drug-likeness (QED) is 0.229. The Hall–Kier alpha value is -3.23. The van der Waals surface area contributed by atoms with E-state index >= 15 is 0 Å². The normalized spacial score (nSPS) is 15.2. The molecule has 0 atom stereocenters. The lowest BCUT2D eigenvalue weighted by atomic mass is 9.94. The lowest BCUT2D eigenvalue weighted by molar-refractivity contribution is 0.0534. The SMILES string of the molecule is CC(C)(C)OC(=O)n1c2c(c3c(Cl)c(F)ccc31)CCCC2=O.O=C1CCCc2c1[nH]c1ccc(F)c(Cl)c21. The van der Waals surface area contributed by atoms with Crippen molar-refractivity contribution in [3.8, 4) is 0 Å². The standard InChI is InChI=1S/C17H17ClFNO3.C12H9ClFNO/c1-17(2,3)23-16(22)20-11-8-7-10(19)14(18)13(11)9-5-4-6-12(21)15(9)20;13-11-7(14)4-5-8-10(11)6-2-1-3-9(16)12(6)15-8/h7-8H,4-6H2,1-3H3;4-5,15H,1-3H2. The topological polar surface area (TPSA) is 81.2 Å². The number of aromatic amines is 1. The summed E-state index contributed by atoms with van der Waals surface area (Å²) in [5.74, 6) is -1.06. The number of halogens is 4. The Morgan fingerprint density at radius 3 is 2.13 bits per heavy atom. The number of hydrogen-bond donors (Lipinski definition) is 1. The van der Waals surface area contributed by atoms with Crippen LogP contribution in [-0.4, -0.2) is 32.8 Å². The molecule has 0 amide bonds. The van der Waals surface area contributed by atoms with E-state index in [-0.39, 0.29) is 27.3 Å². The summed E-state index contributed by atoms with van der Waals surface area (Å²) < 4.78 is 33.9. The van der Waals surface area contributed by atoms with Crippen molar-refractivity contribution in [3.63, 3.8) is 0 Å². The van der Waals surface area contributed by atoms with E-state index in [9.17, 15) is 23.2 Å². The van der Waals surface area contributed by atoms with Gasteiger partial charge in [-0.25, -0.2) is 18.1 Å². The van der Waals surface area contributed by atoms with Crippen molar-refractivity contribution in [2.75, 3.05) is 0 Å². The van der Waals surface area contributed by atoms with Crippen molar-refractivity contribution in [1.29, 1.82) is 0 Å². The average molecular weight is 575 g/mol. The first kappa shape index (κ1) is 27.3. The Bertz CT molecular complexity index is 1680. The number of benzene rings is 2. The number of hydrogen-bond acceptors (Lipinski definition) is 4. The number of rotatable bonds is 0. The monoisotopic (exact) mass is 574 g/mol. The zero-order valence-corrected chi connectivity index (χ0v) is 23.2. The van der Waals surface area contributed by atoms with Crippen LogP contribution in [0.25, 0.3) is 21.8 Å². The van der Waals surface area contributed by atoms with Gasteiger partial charge in [0, 0.05) is 29.1 Å². The van der Waals surface area contributed by atoms with Crippen LogP contribution in [0.2, 0.25) is 10.0 Å². The summed E-state index contributed by atoms with van der Waals surface area (Å²) in [5.41, 5.74) is 2.82. The third-order valence-electron chi connectivity index (χ3n) is 6.86. The number of nitrogens with zero attached hydrogens (tertiary/aromatic N) is 1.